The van der Waals surface area contributed by atoms with Gasteiger partial charge in [-0.1, -0.05) is 24.3 Å². The standard InChI is InChI=1S/C22H16F3N3O5/c23-22(24,25)18-12-16(9-10-19(18)28(31)32)26-20(29)13-33-17-8-4-7-15(11-17)27-21(30)14-5-2-1-3-6-14/h1-12H,13H2,(H,26,29)(H,27,30). The van der Waals surface area contributed by atoms with Crippen molar-refractivity contribution in [1.82, 2.24) is 0 Å². The van der Waals surface area contributed by atoms with Gasteiger partial charge >= 0.3 is 6.18 Å². The highest BCUT2D eigenvalue weighted by Crippen LogP contribution is 2.37. The number of amides is 2. The second-order valence-electron chi connectivity index (χ2n) is 6.67. The fourth-order valence-electron chi connectivity index (χ4n) is 2.80. The number of carbonyl (C=O) groups is 2. The Morgan fingerprint density at radius 2 is 1.61 bits per heavy atom. The first kappa shape index (κ1) is 23.3. The molecule has 0 saturated carbocycles. The zero-order chi connectivity index (χ0) is 24.0. The van der Waals surface area contributed by atoms with Crippen LogP contribution in [0.3, 0.4) is 0 Å². The van der Waals surface area contributed by atoms with Gasteiger partial charge in [0.15, 0.2) is 6.61 Å². The number of hydrogen-bond donors (Lipinski definition) is 2. The van der Waals surface area contributed by atoms with Gasteiger partial charge < -0.3 is 15.4 Å². The lowest BCUT2D eigenvalue weighted by Gasteiger charge is -2.12. The third-order valence-electron chi connectivity index (χ3n) is 4.28. The highest BCUT2D eigenvalue weighted by Gasteiger charge is 2.38. The van der Waals surface area contributed by atoms with Gasteiger partial charge in [-0.05, 0) is 36.4 Å². The SMILES string of the molecule is O=C(COc1cccc(NC(=O)c2ccccc2)c1)Nc1ccc([N+](=O)[O-])c(C(F)(F)F)c1. The smallest absolute Gasteiger partial charge is 0.423 e. The number of hydrogen-bond acceptors (Lipinski definition) is 5. The molecule has 0 aliphatic carbocycles. The van der Waals surface area contributed by atoms with Crippen LogP contribution in [0.1, 0.15) is 15.9 Å². The molecule has 0 spiro atoms. The Bertz CT molecular complexity index is 1180. The van der Waals surface area contributed by atoms with Crippen LogP contribution in [0.15, 0.2) is 72.8 Å². The number of alkyl halides is 3. The highest BCUT2D eigenvalue weighted by molar-refractivity contribution is 6.04. The summed E-state index contributed by atoms with van der Waals surface area (Å²) in [6, 6.07) is 16.8. The van der Waals surface area contributed by atoms with Crippen molar-refractivity contribution in [2.75, 3.05) is 17.2 Å². The number of nitro benzene ring substituents is 1. The van der Waals surface area contributed by atoms with Crippen LogP contribution >= 0.6 is 0 Å². The minimum atomic E-state index is -4.97. The van der Waals surface area contributed by atoms with E-state index in [-0.39, 0.29) is 17.3 Å². The van der Waals surface area contributed by atoms with E-state index < -0.39 is 34.9 Å². The van der Waals surface area contributed by atoms with Crippen molar-refractivity contribution in [3.05, 3.63) is 94.0 Å². The van der Waals surface area contributed by atoms with Gasteiger partial charge in [0.05, 0.1) is 4.92 Å². The van der Waals surface area contributed by atoms with Gasteiger partial charge in [-0.3, -0.25) is 19.7 Å². The van der Waals surface area contributed by atoms with Gasteiger partial charge in [0.1, 0.15) is 11.3 Å². The normalized spacial score (nSPS) is 10.9. The fraction of sp³-hybridized carbons (Fsp3) is 0.0909. The molecule has 0 aliphatic rings. The van der Waals surface area contributed by atoms with Gasteiger partial charge in [-0.2, -0.15) is 13.2 Å². The largest absolute Gasteiger partial charge is 0.484 e. The maximum atomic E-state index is 13.1. The summed E-state index contributed by atoms with van der Waals surface area (Å²) in [5.41, 5.74) is -2.01. The molecule has 8 nitrogen and oxygen atoms in total. The molecule has 0 bridgehead atoms. The van der Waals surface area contributed by atoms with Crippen molar-refractivity contribution in [3.8, 4) is 5.75 Å². The van der Waals surface area contributed by atoms with Crippen molar-refractivity contribution < 1.29 is 32.4 Å². The molecular weight excluding hydrogens is 443 g/mol. The summed E-state index contributed by atoms with van der Waals surface area (Å²) in [6.45, 7) is -0.547. The van der Waals surface area contributed by atoms with E-state index in [1.165, 1.54) is 12.1 Å². The monoisotopic (exact) mass is 459 g/mol. The number of rotatable bonds is 7. The summed E-state index contributed by atoms with van der Waals surface area (Å²) in [6.07, 6.45) is -4.97. The van der Waals surface area contributed by atoms with E-state index in [1.54, 1.807) is 42.5 Å². The molecule has 0 atom stereocenters. The maximum absolute atomic E-state index is 13.1. The van der Waals surface area contributed by atoms with Crippen LogP contribution in [0.4, 0.5) is 30.2 Å². The van der Waals surface area contributed by atoms with Crippen molar-refractivity contribution >= 4 is 28.9 Å². The minimum absolute atomic E-state index is 0.232. The van der Waals surface area contributed by atoms with E-state index in [9.17, 15) is 32.9 Å². The van der Waals surface area contributed by atoms with Gasteiger partial charge in [0.25, 0.3) is 17.5 Å². The van der Waals surface area contributed by atoms with Crippen LogP contribution in [0.5, 0.6) is 5.75 Å². The molecule has 0 fully saturated rings. The van der Waals surface area contributed by atoms with E-state index in [4.69, 9.17) is 4.74 Å². The van der Waals surface area contributed by atoms with Gasteiger partial charge in [0, 0.05) is 29.1 Å². The molecule has 3 rings (SSSR count). The topological polar surface area (TPSA) is 111 Å². The summed E-state index contributed by atoms with van der Waals surface area (Å²) in [5.74, 6) is -0.893. The third-order valence-corrected chi connectivity index (χ3v) is 4.28. The quantitative estimate of drug-likeness (QED) is 0.386. The number of ether oxygens (including phenoxy) is 1. The van der Waals surface area contributed by atoms with Gasteiger partial charge in [-0.25, -0.2) is 0 Å². The molecule has 3 aromatic carbocycles. The van der Waals surface area contributed by atoms with E-state index in [0.29, 0.717) is 23.4 Å². The minimum Gasteiger partial charge on any atom is -0.484 e. The van der Waals surface area contributed by atoms with E-state index in [2.05, 4.69) is 10.6 Å². The molecule has 2 amide bonds. The van der Waals surface area contributed by atoms with Gasteiger partial charge in [0.2, 0.25) is 0 Å². The summed E-state index contributed by atoms with van der Waals surface area (Å²) in [5, 5.41) is 15.7. The van der Waals surface area contributed by atoms with Crippen LogP contribution in [0.25, 0.3) is 0 Å². The van der Waals surface area contributed by atoms with E-state index in [1.807, 2.05) is 0 Å². The Labute approximate surface area is 185 Å². The van der Waals surface area contributed by atoms with Gasteiger partial charge in [-0.15, -0.1) is 0 Å². The molecular formula is C22H16F3N3O5. The Kier molecular flexibility index (Phi) is 6.91. The zero-order valence-corrected chi connectivity index (χ0v) is 16.8. The van der Waals surface area contributed by atoms with Crippen molar-refractivity contribution in [2.45, 2.75) is 6.18 Å². The highest BCUT2D eigenvalue weighted by atomic mass is 19.4. The lowest BCUT2D eigenvalue weighted by atomic mass is 10.1. The Hall–Kier alpha value is -4.41. The third kappa shape index (κ3) is 6.29. The Balaban J connectivity index is 1.62. The Morgan fingerprint density at radius 1 is 0.909 bits per heavy atom. The van der Waals surface area contributed by atoms with Crippen LogP contribution in [-0.4, -0.2) is 23.3 Å². The van der Waals surface area contributed by atoms with Crippen LogP contribution < -0.4 is 15.4 Å². The lowest BCUT2D eigenvalue weighted by molar-refractivity contribution is -0.388. The first-order valence-corrected chi connectivity index (χ1v) is 9.38. The first-order valence-electron chi connectivity index (χ1n) is 9.38. The molecule has 170 valence electrons. The number of nitro groups is 1. The molecule has 33 heavy (non-hydrogen) atoms. The van der Waals surface area contributed by atoms with Crippen molar-refractivity contribution in [2.24, 2.45) is 0 Å². The Morgan fingerprint density at radius 3 is 2.27 bits per heavy atom. The van der Waals surface area contributed by atoms with E-state index in [0.717, 1.165) is 6.07 Å². The molecule has 0 aliphatic heterocycles. The molecule has 11 heteroatoms. The molecule has 0 aromatic heterocycles. The van der Waals surface area contributed by atoms with Crippen LogP contribution in [-0.2, 0) is 11.0 Å². The number of carbonyl (C=O) groups excluding carboxylic acids is 2. The second-order valence-corrected chi connectivity index (χ2v) is 6.67. The maximum Gasteiger partial charge on any atom is 0.423 e. The van der Waals surface area contributed by atoms with Crippen molar-refractivity contribution in [1.29, 1.82) is 0 Å². The number of anilines is 2. The van der Waals surface area contributed by atoms with Crippen molar-refractivity contribution in [3.63, 3.8) is 0 Å². The van der Waals surface area contributed by atoms with E-state index >= 15 is 0 Å². The molecule has 2 N–H and O–H groups in total. The fourth-order valence-corrected chi connectivity index (χ4v) is 2.80. The molecule has 0 radical (unpaired) electrons. The van der Waals surface area contributed by atoms with Crippen LogP contribution in [0, 0.1) is 10.1 Å². The average Bonchev–Trinajstić information content (AvgIpc) is 2.78. The predicted molar refractivity (Wildman–Crippen MR) is 113 cm³/mol. The molecule has 0 saturated heterocycles. The van der Waals surface area contributed by atoms with Crippen LogP contribution in [0.2, 0.25) is 0 Å². The first-order chi connectivity index (χ1) is 15.6. The number of nitrogens with zero attached hydrogens (tertiary/aromatic N) is 1. The molecule has 0 unspecified atom stereocenters. The number of benzene rings is 3. The molecule has 3 aromatic rings. The second kappa shape index (κ2) is 9.81. The molecule has 0 heterocycles. The zero-order valence-electron chi connectivity index (χ0n) is 16.8. The summed E-state index contributed by atoms with van der Waals surface area (Å²) in [7, 11) is 0. The number of nitrogens with one attached hydrogen (secondary N) is 2. The summed E-state index contributed by atoms with van der Waals surface area (Å²) >= 11 is 0. The summed E-state index contributed by atoms with van der Waals surface area (Å²) in [4.78, 5) is 34.0. The predicted octanol–water partition coefficient (Wildman–Crippen LogP) is 4.88. The lowest BCUT2D eigenvalue weighted by Crippen LogP contribution is -2.21. The summed E-state index contributed by atoms with van der Waals surface area (Å²) < 4.78 is 44.5. The average molecular weight is 459 g/mol. The number of halogens is 3.